The highest BCUT2D eigenvalue weighted by Gasteiger charge is 1.92. The van der Waals surface area contributed by atoms with Crippen molar-refractivity contribution in [3.63, 3.8) is 0 Å². The second kappa shape index (κ2) is 5.96. The number of thiol groups is 1. The second-order valence-corrected chi connectivity index (χ2v) is 4.63. The summed E-state index contributed by atoms with van der Waals surface area (Å²) in [5.41, 5.74) is 0. The summed E-state index contributed by atoms with van der Waals surface area (Å²) in [6, 6.07) is 0. The maximum Gasteiger partial charge on any atom is -0.00714 e. The highest BCUT2D eigenvalue weighted by molar-refractivity contribution is 8.17. The third-order valence-corrected chi connectivity index (χ3v) is 3.67. The lowest BCUT2D eigenvalue weighted by molar-refractivity contribution is 1.48. The first-order chi connectivity index (χ1) is 4.35. The van der Waals surface area contributed by atoms with Gasteiger partial charge in [0, 0.05) is 0 Å². The molecule has 0 spiro atoms. The van der Waals surface area contributed by atoms with Gasteiger partial charge in [-0.2, -0.15) is 0 Å². The molecule has 0 atom stereocenters. The van der Waals surface area contributed by atoms with Crippen LogP contribution in [0.2, 0.25) is 0 Å². The lowest BCUT2D eigenvalue weighted by Gasteiger charge is -2.13. The Labute approximate surface area is 61.0 Å². The molecule has 54 valence electrons. The Kier molecular flexibility index (Phi) is 5.85. The molecular formula is C8H16S. The van der Waals surface area contributed by atoms with Crippen LogP contribution in [0.4, 0.5) is 0 Å². The Balaban J connectivity index is 3.39. The fourth-order valence-electron chi connectivity index (χ4n) is 0.698. The normalized spacial score (nSPS) is 10.6. The maximum atomic E-state index is 3.71. The SMILES string of the molecule is C=CC[SH](CC)CC=C. The van der Waals surface area contributed by atoms with E-state index in [0.29, 0.717) is 0 Å². The summed E-state index contributed by atoms with van der Waals surface area (Å²) in [6.07, 6.45) is 4.03. The van der Waals surface area contributed by atoms with Crippen molar-refractivity contribution in [3.8, 4) is 0 Å². The van der Waals surface area contributed by atoms with E-state index >= 15 is 0 Å². The van der Waals surface area contributed by atoms with Crippen LogP contribution in [-0.2, 0) is 0 Å². The zero-order chi connectivity index (χ0) is 7.11. The van der Waals surface area contributed by atoms with Gasteiger partial charge in [-0.3, -0.25) is 0 Å². The van der Waals surface area contributed by atoms with Gasteiger partial charge < -0.3 is 0 Å². The van der Waals surface area contributed by atoms with Crippen molar-refractivity contribution in [3.05, 3.63) is 25.3 Å². The van der Waals surface area contributed by atoms with E-state index in [1.54, 1.807) is 0 Å². The van der Waals surface area contributed by atoms with Crippen molar-refractivity contribution in [2.75, 3.05) is 17.3 Å². The summed E-state index contributed by atoms with van der Waals surface area (Å²) in [5, 5.41) is 0. The van der Waals surface area contributed by atoms with Gasteiger partial charge in [-0.15, -0.1) is 13.2 Å². The van der Waals surface area contributed by atoms with E-state index in [1.807, 2.05) is 12.2 Å². The zero-order valence-electron chi connectivity index (χ0n) is 6.14. The molecule has 0 aliphatic carbocycles. The Hall–Kier alpha value is -0.170. The zero-order valence-corrected chi connectivity index (χ0v) is 7.03. The van der Waals surface area contributed by atoms with Gasteiger partial charge in [-0.05, 0) is 17.3 Å². The van der Waals surface area contributed by atoms with Crippen LogP contribution in [0.3, 0.4) is 0 Å². The molecule has 1 heteroatoms. The molecule has 0 nitrogen and oxygen atoms in total. The Morgan fingerprint density at radius 2 is 1.67 bits per heavy atom. The molecule has 0 heterocycles. The van der Waals surface area contributed by atoms with Crippen molar-refractivity contribution >= 4 is 10.9 Å². The molecule has 0 saturated carbocycles. The molecule has 0 radical (unpaired) electrons. The van der Waals surface area contributed by atoms with Gasteiger partial charge in [0.05, 0.1) is 0 Å². The van der Waals surface area contributed by atoms with Gasteiger partial charge in [0.25, 0.3) is 0 Å². The molecule has 0 saturated heterocycles. The van der Waals surface area contributed by atoms with Crippen LogP contribution in [-0.4, -0.2) is 17.3 Å². The first-order valence-corrected chi connectivity index (χ1v) is 5.19. The quantitative estimate of drug-likeness (QED) is 0.444. The van der Waals surface area contributed by atoms with Crippen LogP contribution in [0.1, 0.15) is 6.92 Å². The van der Waals surface area contributed by atoms with Crippen molar-refractivity contribution in [1.82, 2.24) is 0 Å². The number of hydrogen-bond donors (Lipinski definition) is 1. The molecule has 0 amide bonds. The predicted octanol–water partition coefficient (Wildman–Crippen LogP) is 2.38. The molecule has 0 aromatic rings. The van der Waals surface area contributed by atoms with Crippen molar-refractivity contribution < 1.29 is 0 Å². The summed E-state index contributed by atoms with van der Waals surface area (Å²) in [7, 11) is 0.205. The molecule has 0 aliphatic rings. The summed E-state index contributed by atoms with van der Waals surface area (Å²) in [6.45, 7) is 9.66. The Morgan fingerprint density at radius 3 is 1.89 bits per heavy atom. The van der Waals surface area contributed by atoms with Gasteiger partial charge in [0.2, 0.25) is 0 Å². The van der Waals surface area contributed by atoms with Crippen LogP contribution in [0, 0.1) is 0 Å². The van der Waals surface area contributed by atoms with Crippen molar-refractivity contribution in [2.24, 2.45) is 0 Å². The molecule has 0 aromatic carbocycles. The predicted molar refractivity (Wildman–Crippen MR) is 49.7 cm³/mol. The third kappa shape index (κ3) is 4.34. The monoisotopic (exact) mass is 144 g/mol. The minimum Gasteiger partial charge on any atom is -0.247 e. The first-order valence-electron chi connectivity index (χ1n) is 3.29. The molecule has 0 rings (SSSR count). The lowest BCUT2D eigenvalue weighted by atomic mass is 10.8. The highest BCUT2D eigenvalue weighted by Crippen LogP contribution is 2.23. The molecule has 0 unspecified atom stereocenters. The number of rotatable bonds is 5. The van der Waals surface area contributed by atoms with Crippen LogP contribution in [0.5, 0.6) is 0 Å². The topological polar surface area (TPSA) is 0 Å². The second-order valence-electron chi connectivity index (χ2n) is 1.93. The molecule has 9 heavy (non-hydrogen) atoms. The van der Waals surface area contributed by atoms with Gasteiger partial charge in [0.15, 0.2) is 0 Å². The van der Waals surface area contributed by atoms with Crippen LogP contribution in [0.15, 0.2) is 25.3 Å². The Morgan fingerprint density at radius 1 is 1.22 bits per heavy atom. The average Bonchev–Trinajstić information content (AvgIpc) is 1.88. The van der Waals surface area contributed by atoms with E-state index in [9.17, 15) is 0 Å². The summed E-state index contributed by atoms with van der Waals surface area (Å²) >= 11 is 0. The molecule has 0 N–H and O–H groups in total. The van der Waals surface area contributed by atoms with Crippen LogP contribution in [0.25, 0.3) is 0 Å². The Bertz CT molecular complexity index is 76.6. The number of hydrogen-bond acceptors (Lipinski definition) is 0. The fraction of sp³-hybridized carbons (Fsp3) is 0.500. The lowest BCUT2D eigenvalue weighted by Crippen LogP contribution is -1.91. The fourth-order valence-corrected chi connectivity index (χ4v) is 2.09. The smallest absolute Gasteiger partial charge is 0.00714 e. The first kappa shape index (κ1) is 8.83. The molecule has 0 aromatic heterocycles. The summed E-state index contributed by atoms with van der Waals surface area (Å²) < 4.78 is 0. The van der Waals surface area contributed by atoms with Gasteiger partial charge >= 0.3 is 0 Å². The molecule has 0 fully saturated rings. The van der Waals surface area contributed by atoms with E-state index in [-0.39, 0.29) is 10.9 Å². The summed E-state index contributed by atoms with van der Waals surface area (Å²) in [5.74, 6) is 3.68. The average molecular weight is 144 g/mol. The van der Waals surface area contributed by atoms with Crippen LogP contribution >= 0.6 is 10.9 Å². The summed E-state index contributed by atoms with van der Waals surface area (Å²) in [4.78, 5) is 0. The van der Waals surface area contributed by atoms with E-state index < -0.39 is 0 Å². The minimum atomic E-state index is 0.205. The third-order valence-electron chi connectivity index (χ3n) is 1.22. The molecule has 0 aliphatic heterocycles. The van der Waals surface area contributed by atoms with Crippen molar-refractivity contribution in [1.29, 1.82) is 0 Å². The molecule has 0 bridgehead atoms. The van der Waals surface area contributed by atoms with E-state index in [0.717, 1.165) is 0 Å². The van der Waals surface area contributed by atoms with Crippen molar-refractivity contribution in [2.45, 2.75) is 6.92 Å². The largest absolute Gasteiger partial charge is 0.247 e. The highest BCUT2D eigenvalue weighted by atomic mass is 32.2. The van der Waals surface area contributed by atoms with E-state index in [2.05, 4.69) is 20.1 Å². The van der Waals surface area contributed by atoms with Gasteiger partial charge in [0.1, 0.15) is 0 Å². The standard InChI is InChI=1S/C8H16S/c1-4-7-9(6-3)8-5-2/h4-5,9H,1-2,6-8H2,3H3. The van der Waals surface area contributed by atoms with Gasteiger partial charge in [-0.1, -0.05) is 19.1 Å². The van der Waals surface area contributed by atoms with Crippen LogP contribution < -0.4 is 0 Å². The van der Waals surface area contributed by atoms with Gasteiger partial charge in [-0.25, -0.2) is 10.9 Å². The van der Waals surface area contributed by atoms with E-state index in [4.69, 9.17) is 0 Å². The minimum absolute atomic E-state index is 0.205. The maximum absolute atomic E-state index is 3.71. The molecular weight excluding hydrogens is 128 g/mol. The van der Waals surface area contributed by atoms with E-state index in [1.165, 1.54) is 17.3 Å².